The van der Waals surface area contributed by atoms with E-state index in [-0.39, 0.29) is 5.75 Å². The maximum Gasteiger partial charge on any atom is 0.252 e. The van der Waals surface area contributed by atoms with Crippen LogP contribution in [0.2, 0.25) is 0 Å². The minimum absolute atomic E-state index is 0.0199. The number of ether oxygens (including phenoxy) is 3. The molecule has 29 heavy (non-hydrogen) atoms. The number of hydrogen-bond acceptors (Lipinski definition) is 4. The Morgan fingerprint density at radius 3 is 2.14 bits per heavy atom. The molecule has 0 atom stereocenters. The largest absolute Gasteiger partial charge is 0.495 e. The van der Waals surface area contributed by atoms with E-state index in [0.29, 0.717) is 55.3 Å². The summed E-state index contributed by atoms with van der Waals surface area (Å²) in [5.74, 6) is 1.30. The topological polar surface area (TPSA) is 90.7 Å². The third-order valence-corrected chi connectivity index (χ3v) is 4.58. The van der Waals surface area contributed by atoms with Gasteiger partial charge in [0.2, 0.25) is 0 Å². The van der Waals surface area contributed by atoms with Crippen molar-refractivity contribution in [3.8, 4) is 23.0 Å². The van der Waals surface area contributed by atoms with Gasteiger partial charge < -0.3 is 19.9 Å². The third-order valence-electron chi connectivity index (χ3n) is 4.58. The van der Waals surface area contributed by atoms with Gasteiger partial charge in [0.05, 0.1) is 25.9 Å². The van der Waals surface area contributed by atoms with E-state index in [0.717, 1.165) is 24.0 Å². The first-order chi connectivity index (χ1) is 14.0. The summed E-state index contributed by atoms with van der Waals surface area (Å²) in [6, 6.07) is 8.51. The Morgan fingerprint density at radius 2 is 1.55 bits per heavy atom. The molecule has 2 rings (SSSR count). The maximum absolute atomic E-state index is 12.0. The van der Waals surface area contributed by atoms with Crippen molar-refractivity contribution in [2.75, 3.05) is 20.3 Å². The Labute approximate surface area is 172 Å². The Bertz CT molecular complexity index is 819. The fraction of sp³-hybridized carbons (Fsp3) is 0.435. The highest BCUT2D eigenvalue weighted by Crippen LogP contribution is 2.33. The highest BCUT2D eigenvalue weighted by Gasteiger charge is 2.18. The number of carbonyl (C=O) groups is 1. The molecule has 0 fully saturated rings. The highest BCUT2D eigenvalue weighted by atomic mass is 16.5. The van der Waals surface area contributed by atoms with Crippen molar-refractivity contribution in [3.05, 3.63) is 47.0 Å². The lowest BCUT2D eigenvalue weighted by Gasteiger charge is -2.17. The minimum atomic E-state index is -0.525. The van der Waals surface area contributed by atoms with Crippen LogP contribution in [0.25, 0.3) is 0 Å². The van der Waals surface area contributed by atoms with Gasteiger partial charge in [-0.15, -0.1) is 0 Å². The van der Waals surface area contributed by atoms with Crippen molar-refractivity contribution in [2.45, 2.75) is 46.0 Å². The SMILES string of the molecule is CCCc1c([O])cccc1OCCCOc1ccc(C(N)=O)c(OC)c1CCC. The van der Waals surface area contributed by atoms with Crippen molar-refractivity contribution in [2.24, 2.45) is 5.73 Å². The third kappa shape index (κ3) is 5.79. The van der Waals surface area contributed by atoms with E-state index in [1.807, 2.05) is 19.9 Å². The van der Waals surface area contributed by atoms with E-state index in [9.17, 15) is 9.90 Å². The normalized spacial score (nSPS) is 10.6. The van der Waals surface area contributed by atoms with Gasteiger partial charge in [-0.3, -0.25) is 9.90 Å². The van der Waals surface area contributed by atoms with Crippen LogP contribution in [-0.4, -0.2) is 26.2 Å². The van der Waals surface area contributed by atoms with Crippen LogP contribution in [0.5, 0.6) is 23.0 Å². The molecule has 2 N–H and O–H groups in total. The smallest absolute Gasteiger partial charge is 0.252 e. The first kappa shape index (κ1) is 22.4. The fourth-order valence-electron chi connectivity index (χ4n) is 3.26. The lowest BCUT2D eigenvalue weighted by Crippen LogP contribution is -2.14. The van der Waals surface area contributed by atoms with E-state index in [4.69, 9.17) is 19.9 Å². The lowest BCUT2D eigenvalue weighted by molar-refractivity contribution is 0.0997. The summed E-state index contributed by atoms with van der Waals surface area (Å²) in [6.45, 7) is 4.97. The second kappa shape index (κ2) is 11.2. The van der Waals surface area contributed by atoms with Crippen molar-refractivity contribution in [3.63, 3.8) is 0 Å². The Hall–Kier alpha value is -2.89. The zero-order valence-corrected chi connectivity index (χ0v) is 17.5. The molecule has 0 aliphatic carbocycles. The van der Waals surface area contributed by atoms with Crippen molar-refractivity contribution in [1.82, 2.24) is 0 Å². The average molecular weight is 400 g/mol. The van der Waals surface area contributed by atoms with Crippen LogP contribution < -0.4 is 19.9 Å². The Kier molecular flexibility index (Phi) is 8.65. The summed E-state index contributed by atoms with van der Waals surface area (Å²) in [4.78, 5) is 11.6. The number of nitrogens with two attached hydrogens (primary N) is 1. The van der Waals surface area contributed by atoms with Gasteiger partial charge in [0.15, 0.2) is 5.75 Å². The molecule has 0 aliphatic heterocycles. The molecule has 6 heteroatoms. The molecule has 0 spiro atoms. The van der Waals surface area contributed by atoms with Gasteiger partial charge in [-0.05, 0) is 37.1 Å². The molecule has 0 bridgehead atoms. The zero-order chi connectivity index (χ0) is 21.2. The summed E-state index contributed by atoms with van der Waals surface area (Å²) >= 11 is 0. The van der Waals surface area contributed by atoms with Gasteiger partial charge in [-0.2, -0.15) is 0 Å². The molecule has 2 aromatic carbocycles. The Morgan fingerprint density at radius 1 is 0.931 bits per heavy atom. The van der Waals surface area contributed by atoms with Gasteiger partial charge in [0, 0.05) is 17.5 Å². The molecule has 1 radical (unpaired) electrons. The molecule has 0 saturated carbocycles. The number of carbonyl (C=O) groups excluding carboxylic acids is 1. The molecule has 0 unspecified atom stereocenters. The van der Waals surface area contributed by atoms with E-state index >= 15 is 0 Å². The predicted octanol–water partition coefficient (Wildman–Crippen LogP) is 4.69. The van der Waals surface area contributed by atoms with Gasteiger partial charge in [0.1, 0.15) is 17.2 Å². The predicted molar refractivity (Wildman–Crippen MR) is 112 cm³/mol. The molecule has 2 aromatic rings. The Balaban J connectivity index is 1.99. The average Bonchev–Trinajstić information content (AvgIpc) is 2.70. The highest BCUT2D eigenvalue weighted by molar-refractivity contribution is 5.96. The fourth-order valence-corrected chi connectivity index (χ4v) is 3.26. The molecule has 1 amide bonds. The summed E-state index contributed by atoms with van der Waals surface area (Å²) in [5, 5.41) is 12.0. The van der Waals surface area contributed by atoms with Crippen LogP contribution in [0.15, 0.2) is 30.3 Å². The number of benzene rings is 2. The number of primary amides is 1. The van der Waals surface area contributed by atoms with E-state index in [1.54, 1.807) is 24.3 Å². The maximum atomic E-state index is 12.0. The van der Waals surface area contributed by atoms with Crippen LogP contribution in [-0.2, 0) is 17.9 Å². The summed E-state index contributed by atoms with van der Waals surface area (Å²) in [6.07, 6.45) is 3.84. The van der Waals surface area contributed by atoms with Crippen LogP contribution in [0.1, 0.15) is 54.6 Å². The summed E-state index contributed by atoms with van der Waals surface area (Å²) < 4.78 is 17.2. The quantitative estimate of drug-likeness (QED) is 0.523. The molecule has 6 nitrogen and oxygen atoms in total. The van der Waals surface area contributed by atoms with Crippen LogP contribution in [0, 0.1) is 0 Å². The molecule has 157 valence electrons. The van der Waals surface area contributed by atoms with E-state index in [1.165, 1.54) is 7.11 Å². The van der Waals surface area contributed by atoms with Crippen molar-refractivity contribution >= 4 is 5.91 Å². The first-order valence-electron chi connectivity index (χ1n) is 10.1. The summed E-state index contributed by atoms with van der Waals surface area (Å²) in [5.41, 5.74) is 7.37. The number of methoxy groups -OCH3 is 1. The first-order valence-corrected chi connectivity index (χ1v) is 10.1. The molecule has 0 heterocycles. The molecule has 0 saturated heterocycles. The van der Waals surface area contributed by atoms with E-state index in [2.05, 4.69) is 0 Å². The van der Waals surface area contributed by atoms with Crippen LogP contribution in [0.3, 0.4) is 0 Å². The number of amides is 1. The lowest BCUT2D eigenvalue weighted by atomic mass is 10.0. The molecule has 0 aromatic heterocycles. The summed E-state index contributed by atoms with van der Waals surface area (Å²) in [7, 11) is 1.52. The number of hydrogen-bond donors (Lipinski definition) is 1. The van der Waals surface area contributed by atoms with E-state index < -0.39 is 5.91 Å². The second-order valence-electron chi connectivity index (χ2n) is 6.77. The molecular weight excluding hydrogens is 370 g/mol. The monoisotopic (exact) mass is 400 g/mol. The van der Waals surface area contributed by atoms with Crippen LogP contribution >= 0.6 is 0 Å². The van der Waals surface area contributed by atoms with Gasteiger partial charge in [-0.1, -0.05) is 32.8 Å². The van der Waals surface area contributed by atoms with Gasteiger partial charge in [0.25, 0.3) is 5.91 Å². The number of rotatable bonds is 12. The van der Waals surface area contributed by atoms with Gasteiger partial charge in [-0.25, -0.2) is 0 Å². The second-order valence-corrected chi connectivity index (χ2v) is 6.77. The molecular formula is C23H30NO5. The van der Waals surface area contributed by atoms with Crippen molar-refractivity contribution < 1.29 is 24.1 Å². The van der Waals surface area contributed by atoms with Crippen LogP contribution in [0.4, 0.5) is 0 Å². The molecule has 0 aliphatic rings. The zero-order valence-electron chi connectivity index (χ0n) is 17.5. The van der Waals surface area contributed by atoms with Crippen molar-refractivity contribution in [1.29, 1.82) is 0 Å². The standard InChI is InChI=1S/C23H30NO5/c1-4-8-16-19(25)10-6-11-20(16)28-14-7-15-29-21-13-12-18(23(24)26)22(27-3)17(21)9-5-2/h6,10-13H,4-5,7-9,14-15H2,1-3H3,(H2,24,26). The van der Waals surface area contributed by atoms with Gasteiger partial charge >= 0.3 is 0 Å². The minimum Gasteiger partial charge on any atom is -0.495 e.